The van der Waals surface area contributed by atoms with Gasteiger partial charge in [0.25, 0.3) is 0 Å². The fraction of sp³-hybridized carbons (Fsp3) is 0.750. The number of hydrogen-bond acceptors (Lipinski definition) is 3. The number of nitrogens with zero attached hydrogens (tertiary/aromatic N) is 1. The largest absolute Gasteiger partial charge is 0.330 e. The zero-order chi connectivity index (χ0) is 12.6. The van der Waals surface area contributed by atoms with E-state index in [0.29, 0.717) is 12.5 Å². The van der Waals surface area contributed by atoms with Gasteiger partial charge in [-0.05, 0) is 32.6 Å². The third-order valence-electron chi connectivity index (χ3n) is 3.73. The van der Waals surface area contributed by atoms with Gasteiger partial charge in [0.15, 0.2) is 0 Å². The molecule has 17 heavy (non-hydrogen) atoms. The van der Waals surface area contributed by atoms with Crippen molar-refractivity contribution in [2.75, 3.05) is 6.54 Å². The van der Waals surface area contributed by atoms with Gasteiger partial charge in [-0.2, -0.15) is 0 Å². The molecule has 4 amide bonds. The summed E-state index contributed by atoms with van der Waals surface area (Å²) in [6.07, 6.45) is 4.45. The van der Waals surface area contributed by atoms with E-state index in [-0.39, 0.29) is 5.91 Å². The summed E-state index contributed by atoms with van der Waals surface area (Å²) >= 11 is 0. The molecule has 0 aromatic heterocycles. The maximum atomic E-state index is 12.1. The number of carbonyl (C=O) groups is 3. The van der Waals surface area contributed by atoms with Crippen molar-refractivity contribution in [3.63, 3.8) is 0 Å². The second kappa shape index (κ2) is 4.13. The molecular weight excluding hydrogens is 220 g/mol. The van der Waals surface area contributed by atoms with Crippen LogP contribution in [-0.2, 0) is 9.59 Å². The average molecular weight is 238 g/mol. The maximum Gasteiger partial charge on any atom is 0.330 e. The molecule has 1 saturated heterocycles. The van der Waals surface area contributed by atoms with Crippen LogP contribution < -0.4 is 5.32 Å². The number of barbiturate groups is 1. The fourth-order valence-corrected chi connectivity index (χ4v) is 2.46. The lowest BCUT2D eigenvalue weighted by molar-refractivity contribution is -0.149. The van der Waals surface area contributed by atoms with Gasteiger partial charge >= 0.3 is 6.03 Å². The SMILES string of the molecule is CC1(C)C(=O)NC(=O)N(CC2CCCC2)C1=O. The molecule has 0 radical (unpaired) electrons. The molecule has 0 aromatic rings. The zero-order valence-corrected chi connectivity index (χ0v) is 10.3. The van der Waals surface area contributed by atoms with E-state index in [0.717, 1.165) is 25.7 Å². The molecule has 1 N–H and O–H groups in total. The molecule has 0 unspecified atom stereocenters. The van der Waals surface area contributed by atoms with E-state index in [1.165, 1.54) is 4.90 Å². The lowest BCUT2D eigenvalue weighted by Gasteiger charge is -2.35. The van der Waals surface area contributed by atoms with Crippen LogP contribution in [0.1, 0.15) is 39.5 Å². The minimum absolute atomic E-state index is 0.377. The Kier molecular flexibility index (Phi) is 2.93. The molecular formula is C12H18N2O3. The summed E-state index contributed by atoms with van der Waals surface area (Å²) in [5.41, 5.74) is -1.13. The summed E-state index contributed by atoms with van der Waals surface area (Å²) in [7, 11) is 0. The van der Waals surface area contributed by atoms with Crippen LogP contribution >= 0.6 is 0 Å². The first kappa shape index (κ1) is 12.1. The summed E-state index contributed by atoms with van der Waals surface area (Å²) in [6, 6.07) is -0.564. The molecule has 94 valence electrons. The van der Waals surface area contributed by atoms with Crippen LogP contribution in [0.15, 0.2) is 0 Å². The van der Waals surface area contributed by atoms with E-state index in [9.17, 15) is 14.4 Å². The predicted octanol–water partition coefficient (Wildman–Crippen LogP) is 1.28. The minimum Gasteiger partial charge on any atom is -0.277 e. The van der Waals surface area contributed by atoms with Gasteiger partial charge in [0.1, 0.15) is 5.41 Å². The topological polar surface area (TPSA) is 66.5 Å². The molecule has 0 bridgehead atoms. The molecule has 1 aliphatic heterocycles. The van der Waals surface area contributed by atoms with Crippen molar-refractivity contribution >= 4 is 17.8 Å². The van der Waals surface area contributed by atoms with Gasteiger partial charge in [-0.15, -0.1) is 0 Å². The van der Waals surface area contributed by atoms with Crippen LogP contribution in [0.5, 0.6) is 0 Å². The summed E-state index contributed by atoms with van der Waals surface area (Å²) in [5.74, 6) is -0.484. The number of urea groups is 1. The maximum absolute atomic E-state index is 12.1. The molecule has 1 aliphatic carbocycles. The summed E-state index contributed by atoms with van der Waals surface area (Å²) in [5, 5.41) is 2.25. The molecule has 2 rings (SSSR count). The molecule has 2 aliphatic rings. The van der Waals surface area contributed by atoms with E-state index in [4.69, 9.17) is 0 Å². The Hall–Kier alpha value is -1.39. The molecule has 0 spiro atoms. The Bertz CT molecular complexity index is 370. The van der Waals surface area contributed by atoms with Crippen LogP contribution in [0, 0.1) is 11.3 Å². The second-order valence-corrected chi connectivity index (χ2v) is 5.45. The van der Waals surface area contributed by atoms with E-state index in [2.05, 4.69) is 5.32 Å². The quantitative estimate of drug-likeness (QED) is 0.737. The molecule has 0 aromatic carbocycles. The summed E-state index contributed by atoms with van der Waals surface area (Å²) < 4.78 is 0. The van der Waals surface area contributed by atoms with E-state index in [1.807, 2.05) is 0 Å². The monoisotopic (exact) mass is 238 g/mol. The van der Waals surface area contributed by atoms with Crippen molar-refractivity contribution < 1.29 is 14.4 Å². The van der Waals surface area contributed by atoms with Gasteiger partial charge in [0.2, 0.25) is 11.8 Å². The first-order valence-electron chi connectivity index (χ1n) is 6.10. The highest BCUT2D eigenvalue weighted by atomic mass is 16.2. The lowest BCUT2D eigenvalue weighted by Crippen LogP contribution is -2.62. The van der Waals surface area contributed by atoms with Crippen LogP contribution in [0.2, 0.25) is 0 Å². The van der Waals surface area contributed by atoms with Crippen LogP contribution in [0.4, 0.5) is 4.79 Å². The van der Waals surface area contributed by atoms with E-state index in [1.54, 1.807) is 13.8 Å². The molecule has 2 fully saturated rings. The molecule has 5 heteroatoms. The Balaban J connectivity index is 2.12. The average Bonchev–Trinajstić information content (AvgIpc) is 2.75. The Morgan fingerprint density at radius 2 is 1.82 bits per heavy atom. The first-order chi connectivity index (χ1) is 7.93. The Labute approximate surface area is 101 Å². The number of carbonyl (C=O) groups excluding carboxylic acids is 3. The van der Waals surface area contributed by atoms with Crippen molar-refractivity contribution in [1.82, 2.24) is 10.2 Å². The normalized spacial score (nSPS) is 25.3. The van der Waals surface area contributed by atoms with Crippen LogP contribution in [-0.4, -0.2) is 29.3 Å². The molecule has 1 heterocycles. The first-order valence-corrected chi connectivity index (χ1v) is 6.10. The van der Waals surface area contributed by atoms with Gasteiger partial charge in [0, 0.05) is 6.54 Å². The summed E-state index contributed by atoms with van der Waals surface area (Å²) in [6.45, 7) is 3.55. The Morgan fingerprint density at radius 1 is 1.24 bits per heavy atom. The number of imide groups is 2. The predicted molar refractivity (Wildman–Crippen MR) is 61.0 cm³/mol. The number of hydrogen-bond donors (Lipinski definition) is 1. The highest BCUT2D eigenvalue weighted by Gasteiger charge is 2.47. The molecule has 1 saturated carbocycles. The number of nitrogens with one attached hydrogen (secondary N) is 1. The smallest absolute Gasteiger partial charge is 0.277 e. The second-order valence-electron chi connectivity index (χ2n) is 5.45. The van der Waals surface area contributed by atoms with Crippen molar-refractivity contribution in [3.8, 4) is 0 Å². The number of amides is 4. The van der Waals surface area contributed by atoms with Crippen molar-refractivity contribution in [3.05, 3.63) is 0 Å². The van der Waals surface area contributed by atoms with E-state index >= 15 is 0 Å². The third-order valence-corrected chi connectivity index (χ3v) is 3.73. The molecule has 5 nitrogen and oxygen atoms in total. The number of rotatable bonds is 2. The van der Waals surface area contributed by atoms with Crippen LogP contribution in [0.25, 0.3) is 0 Å². The third kappa shape index (κ3) is 2.06. The van der Waals surface area contributed by atoms with Gasteiger partial charge in [-0.3, -0.25) is 19.8 Å². The summed E-state index contributed by atoms with van der Waals surface area (Å²) in [4.78, 5) is 36.5. The molecule has 0 atom stereocenters. The van der Waals surface area contributed by atoms with Gasteiger partial charge < -0.3 is 0 Å². The lowest BCUT2D eigenvalue weighted by atomic mass is 9.88. The van der Waals surface area contributed by atoms with E-state index < -0.39 is 17.4 Å². The highest BCUT2D eigenvalue weighted by Crippen LogP contribution is 2.29. The zero-order valence-electron chi connectivity index (χ0n) is 10.3. The Morgan fingerprint density at radius 3 is 2.41 bits per heavy atom. The van der Waals surface area contributed by atoms with Crippen molar-refractivity contribution in [2.45, 2.75) is 39.5 Å². The van der Waals surface area contributed by atoms with Gasteiger partial charge in [-0.1, -0.05) is 12.8 Å². The highest BCUT2D eigenvalue weighted by molar-refractivity contribution is 6.18. The fourth-order valence-electron chi connectivity index (χ4n) is 2.46. The van der Waals surface area contributed by atoms with Crippen molar-refractivity contribution in [2.24, 2.45) is 11.3 Å². The standard InChI is InChI=1S/C12H18N2O3/c1-12(2)9(15)13-11(17)14(10(12)16)7-8-5-3-4-6-8/h8H,3-7H2,1-2H3,(H,13,15,17). The van der Waals surface area contributed by atoms with Crippen LogP contribution in [0.3, 0.4) is 0 Å². The van der Waals surface area contributed by atoms with Gasteiger partial charge in [0.05, 0.1) is 0 Å². The van der Waals surface area contributed by atoms with Gasteiger partial charge in [-0.25, -0.2) is 4.79 Å². The van der Waals surface area contributed by atoms with Crippen molar-refractivity contribution in [1.29, 1.82) is 0 Å². The minimum atomic E-state index is -1.13.